The van der Waals surface area contributed by atoms with Gasteiger partial charge in [-0.3, -0.25) is 9.79 Å². The maximum atomic E-state index is 11.8. The molecule has 2 N–H and O–H groups in total. The van der Waals surface area contributed by atoms with Crippen LogP contribution in [0.4, 0.5) is 0 Å². The number of hydrogen-bond donors (Lipinski definition) is 2. The molecule has 7 heteroatoms. The number of nitrogens with one attached hydrogen (secondary N) is 2. The highest BCUT2D eigenvalue weighted by Gasteiger charge is 2.25. The van der Waals surface area contributed by atoms with E-state index in [1.165, 1.54) is 11.1 Å². The third kappa shape index (κ3) is 6.34. The Balaban J connectivity index is 0.00000338. The molecular formula is C19H31IN4O2. The number of likely N-dealkylation sites (tertiary alicyclic amines) is 1. The van der Waals surface area contributed by atoms with Crippen LogP contribution in [0, 0.1) is 6.92 Å². The van der Waals surface area contributed by atoms with Crippen molar-refractivity contribution in [3.05, 3.63) is 29.3 Å². The number of aryl methyl sites for hydroxylation is 1. The topological polar surface area (TPSA) is 66.0 Å². The highest BCUT2D eigenvalue weighted by atomic mass is 127. The molecule has 1 fully saturated rings. The number of methoxy groups -OCH3 is 1. The summed E-state index contributed by atoms with van der Waals surface area (Å²) in [6, 6.07) is 6.48. The van der Waals surface area contributed by atoms with Gasteiger partial charge in [0.05, 0.1) is 7.11 Å². The molecule has 6 nitrogen and oxygen atoms in total. The first-order valence-corrected chi connectivity index (χ1v) is 8.95. The number of ether oxygens (including phenoxy) is 1. The summed E-state index contributed by atoms with van der Waals surface area (Å²) in [7, 11) is 3.47. The van der Waals surface area contributed by atoms with Crippen LogP contribution in [0.15, 0.2) is 23.2 Å². The van der Waals surface area contributed by atoms with Crippen molar-refractivity contribution in [3.8, 4) is 5.75 Å². The standard InChI is InChI=1S/C19H30N4O2.HI/c1-5-18(24)23-11-9-16(13-23)22-19(20-3)21-10-8-15-12-14(2)6-7-17(15)25-4;/h6-7,12,16H,5,8-11,13H2,1-4H3,(H2,20,21,22);1H. The number of amides is 1. The normalized spacial score (nSPS) is 16.8. The van der Waals surface area contributed by atoms with Gasteiger partial charge in [0.2, 0.25) is 5.91 Å². The SMILES string of the molecule is CCC(=O)N1CCC(NC(=NC)NCCc2cc(C)ccc2OC)C1.I. The van der Waals surface area contributed by atoms with E-state index in [0.29, 0.717) is 6.42 Å². The van der Waals surface area contributed by atoms with Crippen molar-refractivity contribution in [1.82, 2.24) is 15.5 Å². The first-order chi connectivity index (χ1) is 12.1. The molecule has 0 saturated carbocycles. The van der Waals surface area contributed by atoms with E-state index in [-0.39, 0.29) is 35.9 Å². The lowest BCUT2D eigenvalue weighted by Crippen LogP contribution is -2.45. The summed E-state index contributed by atoms with van der Waals surface area (Å²) in [6.45, 7) is 6.33. The summed E-state index contributed by atoms with van der Waals surface area (Å²) >= 11 is 0. The van der Waals surface area contributed by atoms with Crippen molar-refractivity contribution >= 4 is 35.8 Å². The molecule has 0 radical (unpaired) electrons. The van der Waals surface area contributed by atoms with E-state index in [1.807, 2.05) is 17.9 Å². The second-order valence-electron chi connectivity index (χ2n) is 6.39. The third-order valence-corrected chi connectivity index (χ3v) is 4.53. The zero-order chi connectivity index (χ0) is 18.2. The Bertz CT molecular complexity index is 622. The quantitative estimate of drug-likeness (QED) is 0.378. The Hall–Kier alpha value is -1.51. The van der Waals surface area contributed by atoms with Gasteiger partial charge in [-0.05, 0) is 31.4 Å². The fourth-order valence-electron chi connectivity index (χ4n) is 3.13. The molecule has 26 heavy (non-hydrogen) atoms. The second-order valence-corrected chi connectivity index (χ2v) is 6.39. The van der Waals surface area contributed by atoms with Gasteiger partial charge < -0.3 is 20.3 Å². The first kappa shape index (κ1) is 22.5. The minimum atomic E-state index is 0. The van der Waals surface area contributed by atoms with Gasteiger partial charge in [0.25, 0.3) is 0 Å². The molecule has 0 spiro atoms. The van der Waals surface area contributed by atoms with E-state index in [2.05, 4.69) is 34.7 Å². The van der Waals surface area contributed by atoms with Crippen LogP contribution in [0.25, 0.3) is 0 Å². The van der Waals surface area contributed by atoms with Crippen LogP contribution in [-0.4, -0.2) is 56.6 Å². The molecule has 0 bridgehead atoms. The molecule has 1 heterocycles. The lowest BCUT2D eigenvalue weighted by molar-refractivity contribution is -0.129. The molecule has 1 saturated heterocycles. The van der Waals surface area contributed by atoms with Crippen molar-refractivity contribution in [1.29, 1.82) is 0 Å². The van der Waals surface area contributed by atoms with E-state index >= 15 is 0 Å². The van der Waals surface area contributed by atoms with E-state index in [1.54, 1.807) is 14.2 Å². The second kappa shape index (κ2) is 11.3. The van der Waals surface area contributed by atoms with Crippen molar-refractivity contribution < 1.29 is 9.53 Å². The van der Waals surface area contributed by atoms with Gasteiger partial charge in [0.1, 0.15) is 5.75 Å². The summed E-state index contributed by atoms with van der Waals surface area (Å²) < 4.78 is 5.43. The van der Waals surface area contributed by atoms with Gasteiger partial charge in [-0.2, -0.15) is 0 Å². The average molecular weight is 474 g/mol. The molecule has 2 rings (SSSR count). The highest BCUT2D eigenvalue weighted by molar-refractivity contribution is 14.0. The third-order valence-electron chi connectivity index (χ3n) is 4.53. The van der Waals surface area contributed by atoms with Gasteiger partial charge in [0, 0.05) is 39.1 Å². The van der Waals surface area contributed by atoms with Crippen molar-refractivity contribution in [2.24, 2.45) is 4.99 Å². The number of rotatable bonds is 6. The highest BCUT2D eigenvalue weighted by Crippen LogP contribution is 2.19. The maximum absolute atomic E-state index is 11.8. The molecule has 0 aromatic heterocycles. The molecule has 1 aliphatic heterocycles. The summed E-state index contributed by atoms with van der Waals surface area (Å²) in [6.07, 6.45) is 2.38. The average Bonchev–Trinajstić information content (AvgIpc) is 3.09. The zero-order valence-electron chi connectivity index (χ0n) is 16.2. The van der Waals surface area contributed by atoms with Crippen LogP contribution in [0.2, 0.25) is 0 Å². The Morgan fingerprint density at radius 2 is 2.19 bits per heavy atom. The lowest BCUT2D eigenvalue weighted by Gasteiger charge is -2.19. The van der Waals surface area contributed by atoms with Crippen molar-refractivity contribution in [2.45, 2.75) is 39.2 Å². The fraction of sp³-hybridized carbons (Fsp3) is 0.579. The number of guanidine groups is 1. The molecule has 1 unspecified atom stereocenters. The van der Waals surface area contributed by atoms with Gasteiger partial charge in [0.15, 0.2) is 5.96 Å². The first-order valence-electron chi connectivity index (χ1n) is 8.95. The number of halogens is 1. The summed E-state index contributed by atoms with van der Waals surface area (Å²) in [5.41, 5.74) is 2.41. The van der Waals surface area contributed by atoms with Crippen LogP contribution in [-0.2, 0) is 11.2 Å². The van der Waals surface area contributed by atoms with Crippen molar-refractivity contribution in [2.75, 3.05) is 33.8 Å². The predicted molar refractivity (Wildman–Crippen MR) is 117 cm³/mol. The van der Waals surface area contributed by atoms with Crippen molar-refractivity contribution in [3.63, 3.8) is 0 Å². The molecule has 1 aromatic carbocycles. The Kier molecular flexibility index (Phi) is 9.75. The van der Waals surface area contributed by atoms with Crippen LogP contribution in [0.5, 0.6) is 5.75 Å². The van der Waals surface area contributed by atoms with Gasteiger partial charge >= 0.3 is 0 Å². The number of carbonyl (C=O) groups excluding carboxylic acids is 1. The molecule has 146 valence electrons. The van der Waals surface area contributed by atoms with Gasteiger partial charge in [-0.1, -0.05) is 24.6 Å². The number of carbonyl (C=O) groups is 1. The molecule has 1 aromatic rings. The molecule has 1 amide bonds. The molecule has 1 atom stereocenters. The Morgan fingerprint density at radius 1 is 1.42 bits per heavy atom. The van der Waals surface area contributed by atoms with Crippen LogP contribution >= 0.6 is 24.0 Å². The van der Waals surface area contributed by atoms with Crippen LogP contribution in [0.1, 0.15) is 30.9 Å². The number of nitrogens with zero attached hydrogens (tertiary/aromatic N) is 2. The minimum absolute atomic E-state index is 0. The maximum Gasteiger partial charge on any atom is 0.222 e. The number of hydrogen-bond acceptors (Lipinski definition) is 3. The summed E-state index contributed by atoms with van der Waals surface area (Å²) in [5.74, 6) is 1.92. The minimum Gasteiger partial charge on any atom is -0.496 e. The van der Waals surface area contributed by atoms with E-state index in [9.17, 15) is 4.79 Å². The van der Waals surface area contributed by atoms with Crippen LogP contribution in [0.3, 0.4) is 0 Å². The van der Waals surface area contributed by atoms with Gasteiger partial charge in [-0.15, -0.1) is 24.0 Å². The molecular weight excluding hydrogens is 443 g/mol. The van der Waals surface area contributed by atoms with Crippen LogP contribution < -0.4 is 15.4 Å². The van der Waals surface area contributed by atoms with E-state index in [4.69, 9.17) is 4.74 Å². The van der Waals surface area contributed by atoms with E-state index in [0.717, 1.165) is 44.2 Å². The fourth-order valence-corrected chi connectivity index (χ4v) is 3.13. The monoisotopic (exact) mass is 474 g/mol. The zero-order valence-corrected chi connectivity index (χ0v) is 18.5. The Labute approximate surface area is 173 Å². The smallest absolute Gasteiger partial charge is 0.222 e. The predicted octanol–water partition coefficient (Wildman–Crippen LogP) is 2.34. The largest absolute Gasteiger partial charge is 0.496 e. The number of aliphatic imine (C=N–C) groups is 1. The molecule has 1 aliphatic rings. The molecule has 0 aliphatic carbocycles. The summed E-state index contributed by atoms with van der Waals surface area (Å²) in [5, 5.41) is 6.77. The number of benzene rings is 1. The van der Waals surface area contributed by atoms with E-state index < -0.39 is 0 Å². The summed E-state index contributed by atoms with van der Waals surface area (Å²) in [4.78, 5) is 18.0. The Morgan fingerprint density at radius 3 is 2.85 bits per heavy atom. The van der Waals surface area contributed by atoms with Gasteiger partial charge in [-0.25, -0.2) is 0 Å². The lowest BCUT2D eigenvalue weighted by atomic mass is 10.1.